The molecule has 0 atom stereocenters. The molecule has 0 aliphatic rings. The Morgan fingerprint density at radius 1 is 0.208 bits per heavy atom. The molecule has 16 rings (SSSR count). The molecule has 0 N–H and O–H groups in total. The number of benzene rings is 14. The average molecular weight is 913 g/mol. The first-order chi connectivity index (χ1) is 35.7. The molecule has 0 aliphatic carbocycles. The van der Waals surface area contributed by atoms with E-state index in [0.29, 0.717) is 0 Å². The Balaban J connectivity index is 1.07. The lowest BCUT2D eigenvalue weighted by Crippen LogP contribution is -1.93. The zero-order chi connectivity index (χ0) is 47.0. The van der Waals surface area contributed by atoms with Gasteiger partial charge >= 0.3 is 0 Å². The van der Waals surface area contributed by atoms with Crippen LogP contribution in [0.15, 0.2) is 251 Å². The highest BCUT2D eigenvalue weighted by atomic mass is 16.3. The summed E-state index contributed by atoms with van der Waals surface area (Å²) < 4.78 is 14.5. The van der Waals surface area contributed by atoms with Gasteiger partial charge in [0.25, 0.3) is 0 Å². The van der Waals surface area contributed by atoms with Crippen LogP contribution in [0.1, 0.15) is 0 Å². The number of hydrogen-bond donors (Lipinski definition) is 0. The van der Waals surface area contributed by atoms with Gasteiger partial charge in [0.1, 0.15) is 22.3 Å². The molecule has 0 radical (unpaired) electrons. The predicted octanol–water partition coefficient (Wildman–Crippen LogP) is 20.2. The van der Waals surface area contributed by atoms with Gasteiger partial charge in [-0.05, 0) is 129 Å². The second-order valence-corrected chi connectivity index (χ2v) is 19.4. The molecular formula is C70H40O2. The minimum absolute atomic E-state index is 0.855. The lowest BCUT2D eigenvalue weighted by atomic mass is 9.82. The third-order valence-corrected chi connectivity index (χ3v) is 15.5. The number of hydrogen-bond acceptors (Lipinski definition) is 2. The molecular weight excluding hydrogens is 873 g/mol. The van der Waals surface area contributed by atoms with Crippen LogP contribution in [0, 0.1) is 0 Å². The van der Waals surface area contributed by atoms with Crippen LogP contribution in [-0.4, -0.2) is 0 Å². The van der Waals surface area contributed by atoms with Crippen molar-refractivity contribution in [1.82, 2.24) is 0 Å². The van der Waals surface area contributed by atoms with Crippen LogP contribution in [0.2, 0.25) is 0 Å². The Labute approximate surface area is 413 Å². The van der Waals surface area contributed by atoms with E-state index < -0.39 is 0 Å². The van der Waals surface area contributed by atoms with Crippen molar-refractivity contribution < 1.29 is 8.83 Å². The third-order valence-electron chi connectivity index (χ3n) is 15.5. The number of para-hydroxylation sites is 2. The normalized spacial score (nSPS) is 12.2. The fourth-order valence-electron chi connectivity index (χ4n) is 12.5. The summed E-state index contributed by atoms with van der Waals surface area (Å²) in [5, 5.41) is 21.0. The highest BCUT2D eigenvalue weighted by molar-refractivity contribution is 6.37. The van der Waals surface area contributed by atoms with Crippen LogP contribution < -0.4 is 0 Å². The highest BCUT2D eigenvalue weighted by Crippen LogP contribution is 2.53. The lowest BCUT2D eigenvalue weighted by Gasteiger charge is -2.20. The van der Waals surface area contributed by atoms with E-state index in [-0.39, 0.29) is 0 Å². The molecule has 0 spiro atoms. The molecule has 2 heteroatoms. The molecule has 2 nitrogen and oxygen atoms in total. The standard InChI is InChI=1S/C70H40O2/c1-3-19-43-37-45(35-33-41(43)17-1)62-48-21-5-9-25-52(48)65(53-26-10-6-22-49(53)62)58-39-47-40-59(70-68(57-30-14-16-32-61(57)72-70)64(47)67-56-29-13-15-31-60(56)71-69(58)67)66-54-27-11-7-23-50(54)63(51-24-8-12-28-55(51)66)46-36-34-42-18-2-4-20-44(42)38-46/h1-40H. The quantitative estimate of drug-likeness (QED) is 0.164. The van der Waals surface area contributed by atoms with Crippen molar-refractivity contribution in [2.24, 2.45) is 0 Å². The van der Waals surface area contributed by atoms with Crippen molar-refractivity contribution in [3.8, 4) is 44.5 Å². The van der Waals surface area contributed by atoms with Gasteiger partial charge in [0, 0.05) is 49.2 Å². The first-order valence-electron chi connectivity index (χ1n) is 24.8. The van der Waals surface area contributed by atoms with Gasteiger partial charge in [0.2, 0.25) is 0 Å². The lowest BCUT2D eigenvalue weighted by molar-refractivity contribution is 0.670. The fraction of sp³-hybridized carbons (Fsp3) is 0. The van der Waals surface area contributed by atoms with Crippen LogP contribution in [-0.2, 0) is 0 Å². The number of furan rings is 2. The van der Waals surface area contributed by atoms with Crippen molar-refractivity contribution >= 4 is 119 Å². The van der Waals surface area contributed by atoms with Crippen molar-refractivity contribution in [3.05, 3.63) is 243 Å². The van der Waals surface area contributed by atoms with Crippen molar-refractivity contribution in [2.75, 3.05) is 0 Å². The van der Waals surface area contributed by atoms with Crippen LogP contribution in [0.25, 0.3) is 164 Å². The Morgan fingerprint density at radius 2 is 0.514 bits per heavy atom. The molecule has 332 valence electrons. The molecule has 72 heavy (non-hydrogen) atoms. The maximum atomic E-state index is 7.23. The average Bonchev–Trinajstić information content (AvgIpc) is 4.03. The molecule has 14 aromatic carbocycles. The van der Waals surface area contributed by atoms with Crippen LogP contribution >= 0.6 is 0 Å². The van der Waals surface area contributed by atoms with Crippen molar-refractivity contribution in [1.29, 1.82) is 0 Å². The number of rotatable bonds is 4. The third kappa shape index (κ3) is 5.55. The van der Waals surface area contributed by atoms with Gasteiger partial charge in [0.15, 0.2) is 0 Å². The van der Waals surface area contributed by atoms with E-state index in [1.54, 1.807) is 0 Å². The van der Waals surface area contributed by atoms with E-state index in [1.807, 2.05) is 0 Å². The summed E-state index contributed by atoms with van der Waals surface area (Å²) in [6, 6.07) is 88.8. The Kier molecular flexibility index (Phi) is 8.20. The van der Waals surface area contributed by atoms with Gasteiger partial charge in [-0.3, -0.25) is 0 Å². The van der Waals surface area contributed by atoms with Crippen LogP contribution in [0.3, 0.4) is 0 Å². The van der Waals surface area contributed by atoms with Crippen LogP contribution in [0.5, 0.6) is 0 Å². The second kappa shape index (κ2) is 15.0. The van der Waals surface area contributed by atoms with Crippen molar-refractivity contribution in [3.63, 3.8) is 0 Å². The molecule has 0 saturated carbocycles. The van der Waals surface area contributed by atoms with Crippen molar-refractivity contribution in [2.45, 2.75) is 0 Å². The zero-order valence-electron chi connectivity index (χ0n) is 38.9. The highest BCUT2D eigenvalue weighted by Gasteiger charge is 2.27. The van der Waals surface area contributed by atoms with E-state index in [4.69, 9.17) is 8.83 Å². The van der Waals surface area contributed by atoms with Gasteiger partial charge in [-0.2, -0.15) is 0 Å². The summed E-state index contributed by atoms with van der Waals surface area (Å²) in [5.74, 6) is 0. The maximum absolute atomic E-state index is 7.23. The molecule has 0 saturated heterocycles. The summed E-state index contributed by atoms with van der Waals surface area (Å²) in [5.41, 5.74) is 12.8. The summed E-state index contributed by atoms with van der Waals surface area (Å²) in [4.78, 5) is 0. The molecule has 0 bridgehead atoms. The first kappa shape index (κ1) is 39.4. The van der Waals surface area contributed by atoms with Gasteiger partial charge in [-0.15, -0.1) is 0 Å². The minimum Gasteiger partial charge on any atom is -0.455 e. The molecule has 2 aromatic heterocycles. The second-order valence-electron chi connectivity index (χ2n) is 19.4. The maximum Gasteiger partial charge on any atom is 0.143 e. The molecule has 0 aliphatic heterocycles. The van der Waals surface area contributed by atoms with E-state index in [0.717, 1.165) is 76.9 Å². The molecule has 0 amide bonds. The van der Waals surface area contributed by atoms with Crippen LogP contribution in [0.4, 0.5) is 0 Å². The summed E-state index contributed by atoms with van der Waals surface area (Å²) in [6.07, 6.45) is 0. The van der Waals surface area contributed by atoms with Gasteiger partial charge < -0.3 is 8.83 Å². The number of fused-ring (bicyclic) bond motifs is 15. The van der Waals surface area contributed by atoms with Gasteiger partial charge in [-0.25, -0.2) is 0 Å². The van der Waals surface area contributed by atoms with E-state index in [2.05, 4.69) is 243 Å². The Morgan fingerprint density at radius 3 is 0.889 bits per heavy atom. The minimum atomic E-state index is 0.855. The molecule has 2 heterocycles. The fourth-order valence-corrected chi connectivity index (χ4v) is 12.5. The van der Waals surface area contributed by atoms with Gasteiger partial charge in [-0.1, -0.05) is 206 Å². The molecule has 16 aromatic rings. The molecule has 0 fully saturated rings. The summed E-state index contributed by atoms with van der Waals surface area (Å²) in [6.45, 7) is 0. The molecule has 0 unspecified atom stereocenters. The van der Waals surface area contributed by atoms with E-state index >= 15 is 0 Å². The SMILES string of the molecule is c1ccc2cc(-c3c4ccccc4c(-c4cc5cc(-c6c7ccccc7c(-c7ccc8ccccc8c7)c7ccccc67)c6oc7ccccc7c6c5c5c4oc4ccccc45)c4ccccc34)ccc2c1. The Hall–Kier alpha value is -9.50. The summed E-state index contributed by atoms with van der Waals surface area (Å²) in [7, 11) is 0. The van der Waals surface area contributed by atoms with Gasteiger partial charge in [0.05, 0.1) is 0 Å². The largest absolute Gasteiger partial charge is 0.455 e. The Bertz CT molecular complexity index is 4560. The first-order valence-corrected chi connectivity index (χ1v) is 24.8. The smallest absolute Gasteiger partial charge is 0.143 e. The predicted molar refractivity (Wildman–Crippen MR) is 305 cm³/mol. The van der Waals surface area contributed by atoms with E-state index in [1.165, 1.54) is 86.9 Å². The summed E-state index contributed by atoms with van der Waals surface area (Å²) >= 11 is 0. The zero-order valence-corrected chi connectivity index (χ0v) is 38.9. The topological polar surface area (TPSA) is 26.3 Å². The van der Waals surface area contributed by atoms with E-state index in [9.17, 15) is 0 Å². The monoisotopic (exact) mass is 912 g/mol.